The number of hydrogen-bond donors (Lipinski definition) is 0. The van der Waals surface area contributed by atoms with E-state index in [2.05, 4.69) is 16.6 Å². The Morgan fingerprint density at radius 1 is 1.26 bits per heavy atom. The van der Waals surface area contributed by atoms with Gasteiger partial charge in [-0.05, 0) is 29.7 Å². The Labute approximate surface area is 135 Å². The summed E-state index contributed by atoms with van der Waals surface area (Å²) >= 11 is 0. The molecule has 0 aromatic heterocycles. The molecule has 0 spiro atoms. The molecule has 0 bridgehead atoms. The maximum atomic E-state index is 12.3. The van der Waals surface area contributed by atoms with Crippen LogP contribution >= 0.6 is 0 Å². The third kappa shape index (κ3) is 3.99. The van der Waals surface area contributed by atoms with Crippen molar-refractivity contribution in [1.82, 2.24) is 4.90 Å². The molecule has 0 saturated heterocycles. The van der Waals surface area contributed by atoms with Gasteiger partial charge in [-0.15, -0.1) is 0 Å². The van der Waals surface area contributed by atoms with E-state index in [1.807, 2.05) is 49.4 Å². The van der Waals surface area contributed by atoms with Crippen molar-refractivity contribution in [3.05, 3.63) is 88.8 Å². The topological polar surface area (TPSA) is 69.1 Å². The molecule has 5 nitrogen and oxygen atoms in total. The van der Waals surface area contributed by atoms with Crippen molar-refractivity contribution >= 4 is 11.6 Å². The minimum atomic E-state index is -0.169. The Morgan fingerprint density at radius 3 is 2.57 bits per heavy atom. The van der Waals surface area contributed by atoms with Crippen molar-refractivity contribution in [2.45, 2.75) is 19.5 Å². The fourth-order valence-electron chi connectivity index (χ4n) is 2.41. The molecule has 2 rings (SSSR count). The molecule has 0 heterocycles. The third-order valence-corrected chi connectivity index (χ3v) is 3.69. The zero-order chi connectivity index (χ0) is 16.7. The lowest BCUT2D eigenvalue weighted by atomic mass is 10.1. The first-order valence-corrected chi connectivity index (χ1v) is 7.28. The number of benzene rings is 2. The van der Waals surface area contributed by atoms with E-state index in [-0.39, 0.29) is 11.9 Å². The van der Waals surface area contributed by atoms with Gasteiger partial charge in [0.15, 0.2) is 0 Å². The molecule has 2 aromatic rings. The molecular formula is C18H18N4O. The minimum Gasteiger partial charge on any atom is -0.328 e. The number of hydrogen-bond acceptors (Lipinski definition) is 2. The average Bonchev–Trinajstić information content (AvgIpc) is 2.60. The van der Waals surface area contributed by atoms with Crippen molar-refractivity contribution in [1.29, 1.82) is 0 Å². The fraction of sp³-hybridized carbons (Fsp3) is 0.167. The summed E-state index contributed by atoms with van der Waals surface area (Å²) in [5.74, 6) is -0.169. The molecule has 0 aliphatic carbocycles. The smallest absolute Gasteiger partial charge is 0.246 e. The predicted molar refractivity (Wildman–Crippen MR) is 90.9 cm³/mol. The van der Waals surface area contributed by atoms with Crippen LogP contribution in [0.4, 0.5) is 5.69 Å². The number of carbonyl (C=O) groups excluding carboxylic acids is 1. The van der Waals surface area contributed by atoms with E-state index in [9.17, 15) is 4.79 Å². The zero-order valence-electron chi connectivity index (χ0n) is 13.0. The molecule has 5 heteroatoms. The Kier molecular flexibility index (Phi) is 5.56. The first-order valence-electron chi connectivity index (χ1n) is 7.28. The van der Waals surface area contributed by atoms with E-state index >= 15 is 0 Å². The van der Waals surface area contributed by atoms with Gasteiger partial charge in [-0.3, -0.25) is 4.79 Å². The lowest BCUT2D eigenvalue weighted by Crippen LogP contribution is -2.31. The monoisotopic (exact) mass is 306 g/mol. The SMILES string of the molecule is C=CC(=O)N(Cc1ccccc1N=[N+]=[N-])[C@@H](C)c1ccccc1. The Balaban J connectivity index is 2.35. The zero-order valence-corrected chi connectivity index (χ0v) is 13.0. The van der Waals surface area contributed by atoms with Crippen LogP contribution < -0.4 is 0 Å². The maximum Gasteiger partial charge on any atom is 0.246 e. The lowest BCUT2D eigenvalue weighted by Gasteiger charge is -2.29. The van der Waals surface area contributed by atoms with E-state index in [1.54, 1.807) is 17.0 Å². The summed E-state index contributed by atoms with van der Waals surface area (Å²) in [6, 6.07) is 16.9. The minimum absolute atomic E-state index is 0.124. The number of nitrogens with zero attached hydrogens (tertiary/aromatic N) is 4. The van der Waals surface area contributed by atoms with Gasteiger partial charge in [0.2, 0.25) is 5.91 Å². The summed E-state index contributed by atoms with van der Waals surface area (Å²) in [6.07, 6.45) is 1.30. The van der Waals surface area contributed by atoms with Crippen molar-refractivity contribution in [2.75, 3.05) is 0 Å². The standard InChI is InChI=1S/C18H18N4O/c1-3-18(23)22(14(2)15-9-5-4-6-10-15)13-16-11-7-8-12-17(16)20-21-19/h3-12,14H,1,13H2,2H3/t14-/m0/s1. The summed E-state index contributed by atoms with van der Waals surface area (Å²) < 4.78 is 0. The Hall–Kier alpha value is -3.04. The summed E-state index contributed by atoms with van der Waals surface area (Å²) in [4.78, 5) is 16.9. The molecule has 0 aliphatic rings. The van der Waals surface area contributed by atoms with Gasteiger partial charge in [-0.1, -0.05) is 66.3 Å². The van der Waals surface area contributed by atoms with E-state index in [0.29, 0.717) is 12.2 Å². The largest absolute Gasteiger partial charge is 0.328 e. The van der Waals surface area contributed by atoms with E-state index in [4.69, 9.17) is 5.53 Å². The summed E-state index contributed by atoms with van der Waals surface area (Å²) in [6.45, 7) is 5.89. The fourth-order valence-corrected chi connectivity index (χ4v) is 2.41. The Morgan fingerprint density at radius 2 is 1.91 bits per heavy atom. The van der Waals surface area contributed by atoms with Crippen LogP contribution in [0, 0.1) is 0 Å². The highest BCUT2D eigenvalue weighted by Crippen LogP contribution is 2.26. The molecule has 116 valence electrons. The molecule has 1 atom stereocenters. The van der Waals surface area contributed by atoms with Gasteiger partial charge in [0.25, 0.3) is 0 Å². The molecule has 0 radical (unpaired) electrons. The van der Waals surface area contributed by atoms with Crippen molar-refractivity contribution in [3.8, 4) is 0 Å². The maximum absolute atomic E-state index is 12.3. The van der Waals surface area contributed by atoms with Gasteiger partial charge in [0, 0.05) is 17.1 Å². The molecule has 0 fully saturated rings. The van der Waals surface area contributed by atoms with Gasteiger partial charge in [0.05, 0.1) is 6.04 Å². The quantitative estimate of drug-likeness (QED) is 0.324. The second kappa shape index (κ2) is 7.82. The molecule has 23 heavy (non-hydrogen) atoms. The summed E-state index contributed by atoms with van der Waals surface area (Å²) in [5.41, 5.74) is 11.0. The number of amides is 1. The van der Waals surface area contributed by atoms with Crippen LogP contribution in [0.5, 0.6) is 0 Å². The van der Waals surface area contributed by atoms with Crippen LogP contribution in [0.3, 0.4) is 0 Å². The van der Waals surface area contributed by atoms with Crippen molar-refractivity contribution in [3.63, 3.8) is 0 Å². The summed E-state index contributed by atoms with van der Waals surface area (Å²) in [5, 5.41) is 3.69. The van der Waals surface area contributed by atoms with Crippen LogP contribution in [0.2, 0.25) is 0 Å². The highest BCUT2D eigenvalue weighted by Gasteiger charge is 2.20. The second-order valence-electron chi connectivity index (χ2n) is 5.08. The van der Waals surface area contributed by atoms with Crippen LogP contribution in [-0.2, 0) is 11.3 Å². The Bertz CT molecular complexity index is 736. The number of carbonyl (C=O) groups is 1. The van der Waals surface area contributed by atoms with Gasteiger partial charge < -0.3 is 4.90 Å². The van der Waals surface area contributed by atoms with Gasteiger partial charge >= 0.3 is 0 Å². The molecule has 0 unspecified atom stereocenters. The lowest BCUT2D eigenvalue weighted by molar-refractivity contribution is -0.128. The van der Waals surface area contributed by atoms with E-state index in [0.717, 1.165) is 11.1 Å². The molecule has 1 amide bonds. The molecule has 0 N–H and O–H groups in total. The molecule has 2 aromatic carbocycles. The average molecular weight is 306 g/mol. The molecule has 0 saturated carbocycles. The number of azide groups is 1. The normalized spacial score (nSPS) is 11.2. The van der Waals surface area contributed by atoms with Crippen LogP contribution in [0.15, 0.2) is 72.4 Å². The highest BCUT2D eigenvalue weighted by molar-refractivity contribution is 5.87. The van der Waals surface area contributed by atoms with Gasteiger partial charge in [-0.2, -0.15) is 0 Å². The van der Waals surface area contributed by atoms with Gasteiger partial charge in [0.1, 0.15) is 0 Å². The highest BCUT2D eigenvalue weighted by atomic mass is 16.2. The van der Waals surface area contributed by atoms with Crippen molar-refractivity contribution < 1.29 is 4.79 Å². The molecule has 0 aliphatic heterocycles. The third-order valence-electron chi connectivity index (χ3n) is 3.69. The van der Waals surface area contributed by atoms with Gasteiger partial charge in [-0.25, -0.2) is 0 Å². The predicted octanol–water partition coefficient (Wildman–Crippen LogP) is 4.90. The van der Waals surface area contributed by atoms with Crippen LogP contribution in [-0.4, -0.2) is 10.8 Å². The van der Waals surface area contributed by atoms with E-state index in [1.165, 1.54) is 6.08 Å². The number of rotatable bonds is 6. The van der Waals surface area contributed by atoms with Crippen LogP contribution in [0.25, 0.3) is 10.4 Å². The van der Waals surface area contributed by atoms with Crippen molar-refractivity contribution in [2.24, 2.45) is 5.11 Å². The summed E-state index contributed by atoms with van der Waals surface area (Å²) in [7, 11) is 0. The van der Waals surface area contributed by atoms with Crippen LogP contribution in [0.1, 0.15) is 24.1 Å². The first-order chi connectivity index (χ1) is 11.2. The first kappa shape index (κ1) is 16.3. The molecular weight excluding hydrogens is 288 g/mol. The van der Waals surface area contributed by atoms with E-state index < -0.39 is 0 Å². The second-order valence-corrected chi connectivity index (χ2v) is 5.08.